The van der Waals surface area contributed by atoms with Crippen molar-refractivity contribution < 1.29 is 62.7 Å². The number of aliphatic hydroxyl groups excluding tert-OH is 1. The van der Waals surface area contributed by atoms with Gasteiger partial charge in [0.25, 0.3) is 0 Å². The van der Waals surface area contributed by atoms with Crippen LogP contribution in [0.25, 0.3) is 0 Å². The number of aliphatic carboxylic acids is 1. The standard InChI is InChI=1S/C43H62O13/c1-17-19-10-21(27(44)15-28(45)55-42(3,4)5)22(11-19)29(17)33-25-14-26(36(41(51)56-43(6,7)8)35(25)39(49)53-16-52-9)34(33)31-20-12-23(24(13-20)37(46)47)32(31)30-18(2)38(48)54-40(30)50/h17-27,29-36,44H,10-16H2,1-9H3,(H,46,47). The first-order valence-electron chi connectivity index (χ1n) is 20.9. The van der Waals surface area contributed by atoms with Gasteiger partial charge in [-0.05, 0) is 151 Å². The molecule has 6 bridgehead atoms. The van der Waals surface area contributed by atoms with Gasteiger partial charge >= 0.3 is 35.8 Å². The van der Waals surface area contributed by atoms with E-state index in [1.165, 1.54) is 7.11 Å². The molecule has 312 valence electrons. The molecule has 7 rings (SSSR count). The minimum absolute atomic E-state index is 0.00832. The van der Waals surface area contributed by atoms with E-state index in [-0.39, 0.29) is 84.2 Å². The molecule has 19 atom stereocenters. The molecule has 0 spiro atoms. The normalized spacial score (nSPS) is 44.2. The van der Waals surface area contributed by atoms with Crippen LogP contribution in [0.15, 0.2) is 0 Å². The Labute approximate surface area is 329 Å². The Morgan fingerprint density at radius 2 is 1.34 bits per heavy atom. The van der Waals surface area contributed by atoms with E-state index < -0.39 is 88.6 Å². The van der Waals surface area contributed by atoms with Gasteiger partial charge in [-0.25, -0.2) is 0 Å². The fourth-order valence-electron chi connectivity index (χ4n) is 14.2. The van der Waals surface area contributed by atoms with Crippen molar-refractivity contribution in [2.75, 3.05) is 13.9 Å². The average molecular weight is 787 g/mol. The lowest BCUT2D eigenvalue weighted by Gasteiger charge is -2.52. The number of rotatable bonds is 11. The van der Waals surface area contributed by atoms with Crippen LogP contribution in [0.5, 0.6) is 0 Å². The molecular weight excluding hydrogens is 724 g/mol. The van der Waals surface area contributed by atoms with E-state index in [0.717, 1.165) is 12.8 Å². The highest BCUT2D eigenvalue weighted by molar-refractivity contribution is 5.96. The number of carboxylic acid groups (broad SMARTS) is 1. The average Bonchev–Trinajstić information content (AvgIpc) is 3.94. The first kappa shape index (κ1) is 41.1. The Morgan fingerprint density at radius 3 is 1.89 bits per heavy atom. The van der Waals surface area contributed by atoms with Gasteiger partial charge in [-0.1, -0.05) is 13.8 Å². The van der Waals surface area contributed by atoms with Crippen LogP contribution < -0.4 is 0 Å². The van der Waals surface area contributed by atoms with E-state index in [4.69, 9.17) is 23.7 Å². The molecule has 7 aliphatic rings. The molecule has 56 heavy (non-hydrogen) atoms. The summed E-state index contributed by atoms with van der Waals surface area (Å²) >= 11 is 0. The van der Waals surface area contributed by atoms with Crippen molar-refractivity contribution in [1.82, 2.24) is 0 Å². The number of hydrogen-bond donors (Lipinski definition) is 2. The van der Waals surface area contributed by atoms with Crippen LogP contribution in [0.4, 0.5) is 0 Å². The summed E-state index contributed by atoms with van der Waals surface area (Å²) in [5, 5.41) is 22.1. The molecule has 6 saturated carbocycles. The molecule has 7 fully saturated rings. The molecule has 1 saturated heterocycles. The summed E-state index contributed by atoms with van der Waals surface area (Å²) in [6.07, 6.45) is 2.16. The van der Waals surface area contributed by atoms with Crippen molar-refractivity contribution in [2.24, 2.45) is 107 Å². The molecule has 2 N–H and O–H groups in total. The highest BCUT2D eigenvalue weighted by Gasteiger charge is 2.73. The summed E-state index contributed by atoms with van der Waals surface area (Å²) < 4.78 is 27.7. The van der Waals surface area contributed by atoms with Crippen molar-refractivity contribution in [1.29, 1.82) is 0 Å². The fraction of sp³-hybridized carbons (Fsp3) is 0.860. The second kappa shape index (κ2) is 14.6. The van der Waals surface area contributed by atoms with Gasteiger partial charge in [-0.2, -0.15) is 0 Å². The molecule has 13 heteroatoms. The molecule has 0 aromatic rings. The van der Waals surface area contributed by atoms with Gasteiger partial charge in [0, 0.05) is 7.11 Å². The summed E-state index contributed by atoms with van der Waals surface area (Å²) in [6.45, 7) is 14.4. The quantitative estimate of drug-likeness (QED) is 0.125. The van der Waals surface area contributed by atoms with Crippen molar-refractivity contribution in [3.8, 4) is 0 Å². The third kappa shape index (κ3) is 6.98. The predicted octanol–water partition coefficient (Wildman–Crippen LogP) is 4.90. The predicted molar refractivity (Wildman–Crippen MR) is 196 cm³/mol. The van der Waals surface area contributed by atoms with E-state index in [1.807, 2.05) is 0 Å². The Morgan fingerprint density at radius 1 is 0.732 bits per heavy atom. The Kier molecular flexibility index (Phi) is 10.7. The van der Waals surface area contributed by atoms with Crippen LogP contribution in [0.3, 0.4) is 0 Å². The monoisotopic (exact) mass is 786 g/mol. The highest BCUT2D eigenvalue weighted by atomic mass is 16.7. The summed E-state index contributed by atoms with van der Waals surface area (Å²) in [5.74, 6) is -9.20. The number of aliphatic hydroxyl groups is 1. The lowest BCUT2D eigenvalue weighted by molar-refractivity contribution is -0.182. The Bertz CT molecular complexity index is 1610. The van der Waals surface area contributed by atoms with Gasteiger partial charge in [0.2, 0.25) is 0 Å². The van der Waals surface area contributed by atoms with E-state index in [2.05, 4.69) is 6.92 Å². The van der Waals surface area contributed by atoms with Crippen molar-refractivity contribution in [3.63, 3.8) is 0 Å². The number of cyclic esters (lactones) is 2. The summed E-state index contributed by atoms with van der Waals surface area (Å²) in [7, 11) is 1.43. The third-order valence-corrected chi connectivity index (χ3v) is 15.5. The lowest BCUT2D eigenvalue weighted by atomic mass is 9.51. The fourth-order valence-corrected chi connectivity index (χ4v) is 14.2. The number of hydrogen-bond acceptors (Lipinski definition) is 12. The largest absolute Gasteiger partial charge is 0.481 e. The van der Waals surface area contributed by atoms with Gasteiger partial charge in [0.15, 0.2) is 6.79 Å². The summed E-state index contributed by atoms with van der Waals surface area (Å²) in [6, 6.07) is 0. The second-order valence-corrected chi connectivity index (χ2v) is 20.6. The maximum absolute atomic E-state index is 14.4. The summed E-state index contributed by atoms with van der Waals surface area (Å²) in [4.78, 5) is 80.8. The summed E-state index contributed by atoms with van der Waals surface area (Å²) in [5.41, 5.74) is -1.53. The number of carbonyl (C=O) groups is 6. The van der Waals surface area contributed by atoms with Crippen LogP contribution >= 0.6 is 0 Å². The zero-order chi connectivity index (χ0) is 40.9. The van der Waals surface area contributed by atoms with Gasteiger partial charge in [0.05, 0.1) is 42.1 Å². The van der Waals surface area contributed by atoms with Crippen LogP contribution in [0.1, 0.15) is 93.9 Å². The molecule has 1 heterocycles. The van der Waals surface area contributed by atoms with E-state index in [9.17, 15) is 39.0 Å². The zero-order valence-electron chi connectivity index (χ0n) is 34.3. The highest BCUT2D eigenvalue weighted by Crippen LogP contribution is 2.74. The van der Waals surface area contributed by atoms with Gasteiger partial charge in [0.1, 0.15) is 11.2 Å². The van der Waals surface area contributed by atoms with Crippen LogP contribution in [-0.2, 0) is 52.5 Å². The Balaban J connectivity index is 1.32. The number of methoxy groups -OCH3 is 1. The zero-order valence-corrected chi connectivity index (χ0v) is 34.3. The van der Waals surface area contributed by atoms with Crippen LogP contribution in [0.2, 0.25) is 0 Å². The molecule has 6 aliphatic carbocycles. The molecule has 13 nitrogen and oxygen atoms in total. The maximum Gasteiger partial charge on any atom is 0.317 e. The van der Waals surface area contributed by atoms with E-state index in [1.54, 1.807) is 48.5 Å². The topological polar surface area (TPSA) is 189 Å². The number of ether oxygens (including phenoxy) is 5. The van der Waals surface area contributed by atoms with Crippen molar-refractivity contribution >= 4 is 35.8 Å². The maximum atomic E-state index is 14.4. The number of fused-ring (bicyclic) bond motifs is 6. The molecule has 0 aromatic heterocycles. The number of carbonyl (C=O) groups excluding carboxylic acids is 5. The molecular formula is C43H62O13. The number of esters is 5. The third-order valence-electron chi connectivity index (χ3n) is 15.5. The van der Waals surface area contributed by atoms with Crippen LogP contribution in [0, 0.1) is 107 Å². The minimum atomic E-state index is -0.921. The molecule has 0 amide bonds. The number of carboxylic acids is 1. The van der Waals surface area contributed by atoms with Gasteiger partial charge < -0.3 is 33.9 Å². The molecule has 19 unspecified atom stereocenters. The van der Waals surface area contributed by atoms with Crippen molar-refractivity contribution in [2.45, 2.75) is 111 Å². The first-order valence-corrected chi connectivity index (χ1v) is 20.9. The van der Waals surface area contributed by atoms with Crippen molar-refractivity contribution in [3.05, 3.63) is 0 Å². The van der Waals surface area contributed by atoms with E-state index in [0.29, 0.717) is 19.3 Å². The SMILES string of the molecule is COCOC(=O)C1C2CC(C1C(=O)OC(C)(C)C)C(C1C3CC(C(=O)O)C(C3)C1C1C(=O)OC(=O)C1C)C2C1C(C)C2CC(C(O)CC(=O)OC(C)(C)C)C1C2. The van der Waals surface area contributed by atoms with E-state index >= 15 is 0 Å². The van der Waals surface area contributed by atoms with Gasteiger partial charge in [-0.15, -0.1) is 0 Å². The minimum Gasteiger partial charge on any atom is -0.481 e. The first-order chi connectivity index (χ1) is 26.1. The van der Waals surface area contributed by atoms with Crippen LogP contribution in [-0.4, -0.2) is 77.2 Å². The molecule has 0 aromatic carbocycles. The molecule has 0 radical (unpaired) electrons. The molecule has 1 aliphatic heterocycles. The lowest BCUT2D eigenvalue weighted by Crippen LogP contribution is -2.54. The Hall–Kier alpha value is -3.06. The van der Waals surface area contributed by atoms with Gasteiger partial charge in [-0.3, -0.25) is 28.8 Å². The smallest absolute Gasteiger partial charge is 0.317 e. The second-order valence-electron chi connectivity index (χ2n) is 20.6.